The highest BCUT2D eigenvalue weighted by molar-refractivity contribution is 7.99. The van der Waals surface area contributed by atoms with E-state index in [4.69, 9.17) is 11.6 Å². The molecule has 0 spiro atoms. The molecule has 2 aromatic rings. The number of carbonyl (C=O) groups is 1. The Bertz CT molecular complexity index is 600. The van der Waals surface area contributed by atoms with Crippen molar-refractivity contribution >= 4 is 29.3 Å². The van der Waals surface area contributed by atoms with Gasteiger partial charge >= 0.3 is 5.97 Å². The fourth-order valence-electron chi connectivity index (χ4n) is 1.50. The SMILES string of the molecule is COC(=O)CSc1nnc(-c2ccccc2Cl)n1C. The average Bonchev–Trinajstić information content (AvgIpc) is 2.78. The Hall–Kier alpha value is -1.53. The largest absolute Gasteiger partial charge is 0.468 e. The lowest BCUT2D eigenvalue weighted by Crippen LogP contribution is -2.04. The Kier molecular flexibility index (Phi) is 4.44. The summed E-state index contributed by atoms with van der Waals surface area (Å²) in [6.07, 6.45) is 0. The zero-order valence-corrected chi connectivity index (χ0v) is 12.0. The molecule has 100 valence electrons. The smallest absolute Gasteiger partial charge is 0.316 e. The molecule has 7 heteroatoms. The van der Waals surface area contributed by atoms with Crippen LogP contribution in [0.1, 0.15) is 0 Å². The molecule has 1 aromatic heterocycles. The molecule has 0 bridgehead atoms. The van der Waals surface area contributed by atoms with E-state index in [1.165, 1.54) is 18.9 Å². The van der Waals surface area contributed by atoms with Crippen molar-refractivity contribution in [2.75, 3.05) is 12.9 Å². The Morgan fingerprint density at radius 2 is 2.16 bits per heavy atom. The summed E-state index contributed by atoms with van der Waals surface area (Å²) in [4.78, 5) is 11.1. The molecule has 0 radical (unpaired) electrons. The number of carbonyl (C=O) groups excluding carboxylic acids is 1. The van der Waals surface area contributed by atoms with Gasteiger partial charge in [-0.3, -0.25) is 4.79 Å². The van der Waals surface area contributed by atoms with Gasteiger partial charge in [0, 0.05) is 12.6 Å². The average molecular weight is 298 g/mol. The van der Waals surface area contributed by atoms with Gasteiger partial charge in [0.25, 0.3) is 0 Å². The number of nitrogens with zero attached hydrogens (tertiary/aromatic N) is 3. The fraction of sp³-hybridized carbons (Fsp3) is 0.250. The van der Waals surface area contributed by atoms with Crippen molar-refractivity contribution in [1.82, 2.24) is 14.8 Å². The van der Waals surface area contributed by atoms with Gasteiger partial charge in [-0.05, 0) is 12.1 Å². The summed E-state index contributed by atoms with van der Waals surface area (Å²) in [5.41, 5.74) is 0.809. The zero-order chi connectivity index (χ0) is 13.8. The molecule has 1 heterocycles. The van der Waals surface area contributed by atoms with Crippen molar-refractivity contribution in [1.29, 1.82) is 0 Å². The summed E-state index contributed by atoms with van der Waals surface area (Å²) in [6, 6.07) is 7.42. The van der Waals surface area contributed by atoms with Gasteiger partial charge in [-0.15, -0.1) is 10.2 Å². The zero-order valence-electron chi connectivity index (χ0n) is 10.5. The maximum Gasteiger partial charge on any atom is 0.316 e. The van der Waals surface area contributed by atoms with E-state index in [1.54, 1.807) is 10.6 Å². The van der Waals surface area contributed by atoms with Crippen LogP contribution in [0.5, 0.6) is 0 Å². The van der Waals surface area contributed by atoms with Crippen molar-refractivity contribution < 1.29 is 9.53 Å². The second-order valence-corrected chi connectivity index (χ2v) is 5.06. The van der Waals surface area contributed by atoms with Crippen LogP contribution in [0.3, 0.4) is 0 Å². The lowest BCUT2D eigenvalue weighted by atomic mass is 10.2. The van der Waals surface area contributed by atoms with Gasteiger partial charge in [0.15, 0.2) is 11.0 Å². The first-order chi connectivity index (χ1) is 9.13. The molecule has 0 aliphatic heterocycles. The molecule has 0 fully saturated rings. The highest BCUT2D eigenvalue weighted by atomic mass is 35.5. The topological polar surface area (TPSA) is 57.0 Å². The third-order valence-electron chi connectivity index (χ3n) is 2.50. The number of hydrogen-bond donors (Lipinski definition) is 0. The highest BCUT2D eigenvalue weighted by Crippen LogP contribution is 2.28. The van der Waals surface area contributed by atoms with E-state index in [0.717, 1.165) is 5.56 Å². The van der Waals surface area contributed by atoms with Crippen LogP contribution in [0.4, 0.5) is 0 Å². The predicted octanol–water partition coefficient (Wildman–Crippen LogP) is 2.40. The minimum Gasteiger partial charge on any atom is -0.468 e. The standard InChI is InChI=1S/C12H12ClN3O2S/c1-16-11(8-5-3-4-6-9(8)13)14-15-12(16)19-7-10(17)18-2/h3-6H,7H2,1-2H3. The Balaban J connectivity index is 2.24. The number of methoxy groups -OCH3 is 1. The number of halogens is 1. The lowest BCUT2D eigenvalue weighted by Gasteiger charge is -2.04. The van der Waals surface area contributed by atoms with E-state index in [-0.39, 0.29) is 11.7 Å². The number of ether oxygens (including phenoxy) is 1. The number of thioether (sulfide) groups is 1. The van der Waals surface area contributed by atoms with Crippen LogP contribution in [0.25, 0.3) is 11.4 Å². The van der Waals surface area contributed by atoms with Crippen molar-refractivity contribution in [2.45, 2.75) is 5.16 Å². The van der Waals surface area contributed by atoms with Crippen LogP contribution in [0, 0.1) is 0 Å². The monoisotopic (exact) mass is 297 g/mol. The van der Waals surface area contributed by atoms with E-state index in [0.29, 0.717) is 16.0 Å². The molecule has 0 N–H and O–H groups in total. The minimum atomic E-state index is -0.299. The summed E-state index contributed by atoms with van der Waals surface area (Å²) in [7, 11) is 3.19. The van der Waals surface area contributed by atoms with E-state index in [2.05, 4.69) is 14.9 Å². The van der Waals surface area contributed by atoms with Gasteiger partial charge in [-0.1, -0.05) is 35.5 Å². The van der Waals surface area contributed by atoms with Gasteiger partial charge in [0.05, 0.1) is 17.9 Å². The molecule has 0 atom stereocenters. The molecule has 19 heavy (non-hydrogen) atoms. The van der Waals surface area contributed by atoms with Crippen LogP contribution in [-0.2, 0) is 16.6 Å². The molecule has 2 rings (SSSR count). The molecule has 0 saturated heterocycles. The summed E-state index contributed by atoms with van der Waals surface area (Å²) >= 11 is 7.40. The number of aromatic nitrogens is 3. The minimum absolute atomic E-state index is 0.199. The van der Waals surface area contributed by atoms with Crippen LogP contribution in [-0.4, -0.2) is 33.6 Å². The maximum atomic E-state index is 11.1. The van der Waals surface area contributed by atoms with Crippen molar-refractivity contribution in [2.24, 2.45) is 7.05 Å². The molecule has 0 aliphatic carbocycles. The molecule has 0 unspecified atom stereocenters. The van der Waals surface area contributed by atoms with Crippen molar-refractivity contribution in [3.63, 3.8) is 0 Å². The Labute approximate surface area is 119 Å². The maximum absolute atomic E-state index is 11.1. The van der Waals surface area contributed by atoms with E-state index >= 15 is 0 Å². The second-order valence-electron chi connectivity index (χ2n) is 3.71. The Morgan fingerprint density at radius 1 is 1.42 bits per heavy atom. The number of benzene rings is 1. The molecule has 0 aliphatic rings. The van der Waals surface area contributed by atoms with Gasteiger partial charge in [-0.25, -0.2) is 0 Å². The van der Waals surface area contributed by atoms with Crippen LogP contribution in [0.15, 0.2) is 29.4 Å². The molecular formula is C12H12ClN3O2S. The van der Waals surface area contributed by atoms with Gasteiger partial charge in [0.1, 0.15) is 0 Å². The summed E-state index contributed by atoms with van der Waals surface area (Å²) < 4.78 is 6.38. The van der Waals surface area contributed by atoms with E-state index in [9.17, 15) is 4.79 Å². The third-order valence-corrected chi connectivity index (χ3v) is 3.82. The van der Waals surface area contributed by atoms with Gasteiger partial charge in [-0.2, -0.15) is 0 Å². The number of hydrogen-bond acceptors (Lipinski definition) is 5. The van der Waals surface area contributed by atoms with Crippen LogP contribution < -0.4 is 0 Å². The summed E-state index contributed by atoms with van der Waals surface area (Å²) in [6.45, 7) is 0. The Morgan fingerprint density at radius 3 is 2.84 bits per heavy atom. The first kappa shape index (κ1) is 13.9. The van der Waals surface area contributed by atoms with Crippen molar-refractivity contribution in [3.05, 3.63) is 29.3 Å². The third kappa shape index (κ3) is 3.08. The predicted molar refractivity (Wildman–Crippen MR) is 74.2 cm³/mol. The number of esters is 1. The van der Waals surface area contributed by atoms with E-state index < -0.39 is 0 Å². The summed E-state index contributed by atoms with van der Waals surface area (Å²) in [5.74, 6) is 0.565. The molecular weight excluding hydrogens is 286 g/mol. The lowest BCUT2D eigenvalue weighted by molar-refractivity contribution is -0.137. The quantitative estimate of drug-likeness (QED) is 0.641. The molecule has 5 nitrogen and oxygen atoms in total. The number of rotatable bonds is 4. The highest BCUT2D eigenvalue weighted by Gasteiger charge is 2.14. The first-order valence-electron chi connectivity index (χ1n) is 5.47. The second kappa shape index (κ2) is 6.08. The summed E-state index contributed by atoms with van der Waals surface area (Å²) in [5, 5.41) is 9.41. The van der Waals surface area contributed by atoms with Crippen molar-refractivity contribution in [3.8, 4) is 11.4 Å². The molecule has 0 saturated carbocycles. The van der Waals surface area contributed by atoms with Crippen LogP contribution >= 0.6 is 23.4 Å². The molecule has 1 aromatic carbocycles. The van der Waals surface area contributed by atoms with E-state index in [1.807, 2.05) is 25.2 Å². The van der Waals surface area contributed by atoms with Crippen LogP contribution in [0.2, 0.25) is 5.02 Å². The first-order valence-corrected chi connectivity index (χ1v) is 6.83. The van der Waals surface area contributed by atoms with Gasteiger partial charge in [0.2, 0.25) is 0 Å². The molecule has 0 amide bonds. The van der Waals surface area contributed by atoms with Gasteiger partial charge < -0.3 is 9.30 Å². The normalized spacial score (nSPS) is 10.5. The fourth-order valence-corrected chi connectivity index (χ4v) is 2.46.